The number of nitrogens with zero attached hydrogens (tertiary/aromatic N) is 2. The van der Waals surface area contributed by atoms with Gasteiger partial charge in [-0.15, -0.1) is 11.3 Å². The van der Waals surface area contributed by atoms with Crippen LogP contribution in [-0.2, 0) is 0 Å². The number of fused-ring (bicyclic) bond motifs is 1. The average molecular weight is 294 g/mol. The van der Waals surface area contributed by atoms with E-state index in [2.05, 4.69) is 15.3 Å². The van der Waals surface area contributed by atoms with Crippen molar-refractivity contribution >= 4 is 39.1 Å². The molecule has 0 aliphatic heterocycles. The van der Waals surface area contributed by atoms with E-state index in [0.29, 0.717) is 11.1 Å². The normalized spacial score (nSPS) is 10.9. The van der Waals surface area contributed by atoms with Crippen molar-refractivity contribution in [2.24, 2.45) is 0 Å². The molecule has 2 heterocycles. The molecule has 3 nitrogen and oxygen atoms in total. The summed E-state index contributed by atoms with van der Waals surface area (Å²) >= 11 is 7.70. The quantitative estimate of drug-likeness (QED) is 0.720. The lowest BCUT2D eigenvalue weighted by molar-refractivity contribution is 0.628. The zero-order chi connectivity index (χ0) is 13.4. The van der Waals surface area contributed by atoms with Gasteiger partial charge in [-0.2, -0.15) is 0 Å². The van der Waals surface area contributed by atoms with Crippen LogP contribution in [0.15, 0.2) is 29.6 Å². The fraction of sp³-hybridized carbons (Fsp3) is 0.0769. The van der Waals surface area contributed by atoms with Crippen LogP contribution in [0, 0.1) is 5.82 Å². The summed E-state index contributed by atoms with van der Waals surface area (Å²) < 4.78 is 13.0. The maximum absolute atomic E-state index is 13.0. The molecular formula is C13H9ClFN3S. The monoisotopic (exact) mass is 293 g/mol. The van der Waals surface area contributed by atoms with Gasteiger partial charge in [0, 0.05) is 18.0 Å². The molecule has 0 fully saturated rings. The summed E-state index contributed by atoms with van der Waals surface area (Å²) in [6.45, 7) is 0. The largest absolute Gasteiger partial charge is 0.357 e. The molecule has 0 amide bonds. The Balaban J connectivity index is 2.23. The Labute approximate surface area is 118 Å². The van der Waals surface area contributed by atoms with Gasteiger partial charge in [-0.05, 0) is 17.7 Å². The van der Waals surface area contributed by atoms with Crippen LogP contribution in [0.25, 0.3) is 21.3 Å². The van der Waals surface area contributed by atoms with E-state index < -0.39 is 0 Å². The van der Waals surface area contributed by atoms with Crippen LogP contribution in [-0.4, -0.2) is 17.0 Å². The maximum atomic E-state index is 13.0. The summed E-state index contributed by atoms with van der Waals surface area (Å²) in [6, 6.07) is 6.30. The second-order valence-electron chi connectivity index (χ2n) is 3.92. The van der Waals surface area contributed by atoms with E-state index in [1.54, 1.807) is 19.2 Å². The Morgan fingerprint density at radius 3 is 2.63 bits per heavy atom. The lowest BCUT2D eigenvalue weighted by Gasteiger charge is -2.03. The molecule has 0 aliphatic rings. The molecule has 0 atom stereocenters. The van der Waals surface area contributed by atoms with Crippen molar-refractivity contribution in [3.8, 4) is 11.1 Å². The van der Waals surface area contributed by atoms with E-state index in [-0.39, 0.29) is 5.82 Å². The van der Waals surface area contributed by atoms with Crippen molar-refractivity contribution in [3.05, 3.63) is 40.6 Å². The molecule has 0 unspecified atom stereocenters. The molecule has 0 aliphatic carbocycles. The minimum absolute atomic E-state index is 0.261. The molecule has 1 aromatic carbocycles. The zero-order valence-corrected chi connectivity index (χ0v) is 11.5. The van der Waals surface area contributed by atoms with Gasteiger partial charge < -0.3 is 5.32 Å². The van der Waals surface area contributed by atoms with Crippen molar-refractivity contribution < 1.29 is 4.39 Å². The number of hydrogen-bond acceptors (Lipinski definition) is 4. The van der Waals surface area contributed by atoms with Crippen LogP contribution in [0.3, 0.4) is 0 Å². The third kappa shape index (κ3) is 2.15. The predicted octanol–water partition coefficient (Wildman–Crippen LogP) is 4.19. The van der Waals surface area contributed by atoms with Gasteiger partial charge in [0.1, 0.15) is 15.8 Å². The van der Waals surface area contributed by atoms with E-state index in [1.165, 1.54) is 23.5 Å². The van der Waals surface area contributed by atoms with Gasteiger partial charge in [0.2, 0.25) is 5.95 Å². The number of benzene rings is 1. The first-order chi connectivity index (χ1) is 9.19. The van der Waals surface area contributed by atoms with Crippen molar-refractivity contribution in [3.63, 3.8) is 0 Å². The van der Waals surface area contributed by atoms with E-state index in [9.17, 15) is 4.39 Å². The standard InChI is InChI=1S/C13H9ClFN3S/c1-16-13-17-11(14)10-9(6-19-12(10)18-13)7-2-4-8(15)5-3-7/h2-6H,1H3,(H,16,17,18). The maximum Gasteiger partial charge on any atom is 0.225 e. The second kappa shape index (κ2) is 4.75. The van der Waals surface area contributed by atoms with Gasteiger partial charge in [0.15, 0.2) is 0 Å². The molecule has 0 saturated heterocycles. The molecule has 19 heavy (non-hydrogen) atoms. The number of aromatic nitrogens is 2. The molecule has 0 radical (unpaired) electrons. The van der Waals surface area contributed by atoms with Gasteiger partial charge in [-0.25, -0.2) is 14.4 Å². The van der Waals surface area contributed by atoms with Gasteiger partial charge in [-0.3, -0.25) is 0 Å². The minimum atomic E-state index is -0.261. The van der Waals surface area contributed by atoms with Crippen molar-refractivity contribution in [1.29, 1.82) is 0 Å². The first-order valence-electron chi connectivity index (χ1n) is 5.57. The number of thiophene rings is 1. The van der Waals surface area contributed by atoms with Crippen LogP contribution in [0.5, 0.6) is 0 Å². The Morgan fingerprint density at radius 2 is 1.95 bits per heavy atom. The molecule has 2 aromatic heterocycles. The third-order valence-corrected chi connectivity index (χ3v) is 3.91. The topological polar surface area (TPSA) is 37.8 Å². The molecule has 6 heteroatoms. The second-order valence-corrected chi connectivity index (χ2v) is 5.14. The number of anilines is 1. The number of nitrogens with one attached hydrogen (secondary N) is 1. The Bertz CT molecular complexity index is 739. The van der Waals surface area contributed by atoms with Gasteiger partial charge >= 0.3 is 0 Å². The molecular weight excluding hydrogens is 285 g/mol. The Hall–Kier alpha value is -1.72. The average Bonchev–Trinajstić information content (AvgIpc) is 2.84. The number of hydrogen-bond donors (Lipinski definition) is 1. The Morgan fingerprint density at radius 1 is 1.21 bits per heavy atom. The van der Waals surface area contributed by atoms with Crippen LogP contribution in [0.1, 0.15) is 0 Å². The summed E-state index contributed by atoms with van der Waals surface area (Å²) in [6.07, 6.45) is 0. The minimum Gasteiger partial charge on any atom is -0.357 e. The first kappa shape index (κ1) is 12.3. The first-order valence-corrected chi connectivity index (χ1v) is 6.83. The van der Waals surface area contributed by atoms with E-state index in [0.717, 1.165) is 21.3 Å². The zero-order valence-electron chi connectivity index (χ0n) is 9.95. The summed E-state index contributed by atoms with van der Waals surface area (Å²) in [5.74, 6) is 0.230. The van der Waals surface area contributed by atoms with Crippen LogP contribution in [0.4, 0.5) is 10.3 Å². The molecule has 0 spiro atoms. The summed E-state index contributed by atoms with van der Waals surface area (Å²) in [5, 5.41) is 6.02. The van der Waals surface area contributed by atoms with E-state index in [4.69, 9.17) is 11.6 Å². The van der Waals surface area contributed by atoms with Crippen molar-refractivity contribution in [2.45, 2.75) is 0 Å². The lowest BCUT2D eigenvalue weighted by atomic mass is 10.1. The van der Waals surface area contributed by atoms with E-state index in [1.807, 2.05) is 5.38 Å². The number of halogens is 2. The Kier molecular flexibility index (Phi) is 3.08. The predicted molar refractivity (Wildman–Crippen MR) is 77.4 cm³/mol. The molecule has 3 aromatic rings. The fourth-order valence-corrected chi connectivity index (χ4v) is 3.13. The molecule has 3 rings (SSSR count). The summed E-state index contributed by atoms with van der Waals surface area (Å²) in [5.41, 5.74) is 1.82. The molecule has 0 saturated carbocycles. The highest BCUT2D eigenvalue weighted by molar-refractivity contribution is 7.17. The smallest absolute Gasteiger partial charge is 0.225 e. The highest BCUT2D eigenvalue weighted by atomic mass is 35.5. The van der Waals surface area contributed by atoms with Crippen LogP contribution in [0.2, 0.25) is 5.15 Å². The van der Waals surface area contributed by atoms with Crippen molar-refractivity contribution in [1.82, 2.24) is 9.97 Å². The molecule has 0 bridgehead atoms. The highest BCUT2D eigenvalue weighted by Gasteiger charge is 2.13. The highest BCUT2D eigenvalue weighted by Crippen LogP contribution is 2.37. The summed E-state index contributed by atoms with van der Waals surface area (Å²) in [4.78, 5) is 9.34. The van der Waals surface area contributed by atoms with E-state index >= 15 is 0 Å². The van der Waals surface area contributed by atoms with Gasteiger partial charge in [0.05, 0.1) is 5.39 Å². The van der Waals surface area contributed by atoms with Crippen LogP contribution >= 0.6 is 22.9 Å². The fourth-order valence-electron chi connectivity index (χ4n) is 1.85. The van der Waals surface area contributed by atoms with Crippen molar-refractivity contribution in [2.75, 3.05) is 12.4 Å². The number of rotatable bonds is 2. The third-order valence-electron chi connectivity index (χ3n) is 2.77. The summed E-state index contributed by atoms with van der Waals surface area (Å²) in [7, 11) is 1.74. The van der Waals surface area contributed by atoms with Crippen LogP contribution < -0.4 is 5.32 Å². The molecule has 1 N–H and O–H groups in total. The van der Waals surface area contributed by atoms with Gasteiger partial charge in [0.25, 0.3) is 0 Å². The van der Waals surface area contributed by atoms with Gasteiger partial charge in [-0.1, -0.05) is 23.7 Å². The SMILES string of the molecule is CNc1nc(Cl)c2c(-c3ccc(F)cc3)csc2n1. The molecule has 96 valence electrons. The lowest BCUT2D eigenvalue weighted by Crippen LogP contribution is -1.95.